The maximum atomic E-state index is 11.2. The molecule has 0 aliphatic heterocycles. The van der Waals surface area contributed by atoms with Gasteiger partial charge in [0.25, 0.3) is 0 Å². The van der Waals surface area contributed by atoms with Gasteiger partial charge < -0.3 is 9.15 Å². The van der Waals surface area contributed by atoms with Crippen LogP contribution in [0.1, 0.15) is 19.1 Å². The summed E-state index contributed by atoms with van der Waals surface area (Å²) in [5.41, 5.74) is 0.914. The normalized spacial score (nSPS) is 10.8. The van der Waals surface area contributed by atoms with Crippen molar-refractivity contribution in [3.8, 4) is 17.1 Å². The first-order valence-electron chi connectivity index (χ1n) is 7.89. The van der Waals surface area contributed by atoms with E-state index in [2.05, 4.69) is 10.2 Å². The van der Waals surface area contributed by atoms with Crippen molar-refractivity contribution in [2.45, 2.75) is 25.0 Å². The first kappa shape index (κ1) is 17.3. The number of hydrogen-bond acceptors (Lipinski definition) is 6. The summed E-state index contributed by atoms with van der Waals surface area (Å²) in [6.45, 7) is 2.12. The predicted molar refractivity (Wildman–Crippen MR) is 95.8 cm³/mol. The molecule has 0 spiro atoms. The molecule has 0 aliphatic rings. The molecule has 0 radical (unpaired) electrons. The first-order valence-corrected chi connectivity index (χ1v) is 8.88. The fourth-order valence-corrected chi connectivity index (χ4v) is 3.34. The monoisotopic (exact) mass is 357 g/mol. The van der Waals surface area contributed by atoms with Crippen LogP contribution in [0, 0.1) is 0 Å². The largest absolute Gasteiger partial charge is 0.497 e. The van der Waals surface area contributed by atoms with E-state index in [0.717, 1.165) is 28.1 Å². The fourth-order valence-electron chi connectivity index (χ4n) is 2.36. The van der Waals surface area contributed by atoms with Gasteiger partial charge >= 0.3 is 0 Å². The Morgan fingerprint density at radius 3 is 2.88 bits per heavy atom. The first-order chi connectivity index (χ1) is 12.2. The van der Waals surface area contributed by atoms with Crippen LogP contribution in [-0.2, 0) is 11.3 Å². The maximum Gasteiger partial charge on any atom is 0.191 e. The van der Waals surface area contributed by atoms with E-state index >= 15 is 0 Å². The molecule has 2 aromatic heterocycles. The lowest BCUT2D eigenvalue weighted by Crippen LogP contribution is -2.04. The molecular formula is C18H19N3O3S. The highest BCUT2D eigenvalue weighted by atomic mass is 32.2. The van der Waals surface area contributed by atoms with Crippen molar-refractivity contribution in [3.05, 3.63) is 48.4 Å². The minimum Gasteiger partial charge on any atom is -0.497 e. The molecule has 0 aliphatic carbocycles. The summed E-state index contributed by atoms with van der Waals surface area (Å²) in [6.07, 6.45) is 2.15. The number of ether oxygens (including phenoxy) is 1. The highest BCUT2D eigenvalue weighted by Crippen LogP contribution is 2.27. The molecule has 3 rings (SSSR count). The number of Topliss-reactive ketones (excluding diaryl/α,β-unsaturated/α-hetero) is 1. The minimum atomic E-state index is 0.164. The van der Waals surface area contributed by atoms with Gasteiger partial charge in [-0.15, -0.1) is 10.2 Å². The zero-order valence-electron chi connectivity index (χ0n) is 14.1. The van der Waals surface area contributed by atoms with E-state index in [0.29, 0.717) is 18.7 Å². The van der Waals surface area contributed by atoms with Gasteiger partial charge in [-0.3, -0.25) is 9.36 Å². The van der Waals surface area contributed by atoms with Gasteiger partial charge in [-0.2, -0.15) is 0 Å². The van der Waals surface area contributed by atoms with E-state index in [1.165, 1.54) is 11.8 Å². The number of aromatic nitrogens is 3. The molecule has 0 saturated carbocycles. The van der Waals surface area contributed by atoms with Gasteiger partial charge in [0, 0.05) is 17.7 Å². The average Bonchev–Trinajstić information content (AvgIpc) is 3.26. The van der Waals surface area contributed by atoms with Crippen LogP contribution in [0.3, 0.4) is 0 Å². The number of benzene rings is 1. The van der Waals surface area contributed by atoms with Crippen LogP contribution in [-0.4, -0.2) is 33.4 Å². The lowest BCUT2D eigenvalue weighted by molar-refractivity contribution is -0.116. The highest BCUT2D eigenvalue weighted by Gasteiger charge is 2.16. The zero-order valence-corrected chi connectivity index (χ0v) is 15.0. The number of furan rings is 1. The van der Waals surface area contributed by atoms with Gasteiger partial charge in [0.2, 0.25) is 0 Å². The Morgan fingerprint density at radius 1 is 1.28 bits per heavy atom. The van der Waals surface area contributed by atoms with E-state index < -0.39 is 0 Å². The average molecular weight is 357 g/mol. The minimum absolute atomic E-state index is 0.164. The van der Waals surface area contributed by atoms with E-state index in [-0.39, 0.29) is 5.78 Å². The third-order valence-electron chi connectivity index (χ3n) is 3.62. The second-order valence-electron chi connectivity index (χ2n) is 5.50. The molecule has 0 unspecified atom stereocenters. The third-order valence-corrected chi connectivity index (χ3v) is 4.59. The van der Waals surface area contributed by atoms with Crippen LogP contribution in [0.15, 0.2) is 52.2 Å². The molecule has 0 N–H and O–H groups in total. The molecule has 0 bridgehead atoms. The summed E-state index contributed by atoms with van der Waals surface area (Å²) in [5, 5.41) is 9.42. The zero-order chi connectivity index (χ0) is 17.6. The Hall–Kier alpha value is -2.54. The van der Waals surface area contributed by atoms with Crippen LogP contribution in [0.25, 0.3) is 11.4 Å². The summed E-state index contributed by atoms with van der Waals surface area (Å²) in [4.78, 5) is 11.2. The van der Waals surface area contributed by atoms with E-state index in [4.69, 9.17) is 9.15 Å². The predicted octanol–water partition coefficient (Wildman–Crippen LogP) is 3.67. The molecule has 0 fully saturated rings. The van der Waals surface area contributed by atoms with Crippen LogP contribution in [0.5, 0.6) is 5.75 Å². The van der Waals surface area contributed by atoms with Crippen molar-refractivity contribution in [2.24, 2.45) is 0 Å². The number of carbonyl (C=O) groups is 1. The molecule has 25 heavy (non-hydrogen) atoms. The number of rotatable bonds is 8. The van der Waals surface area contributed by atoms with E-state index in [9.17, 15) is 4.79 Å². The molecule has 0 saturated heterocycles. The number of ketones is 1. The SMILES string of the molecule is COc1cccc(-c2nnc(SCCC(C)=O)n2Cc2ccco2)c1. The van der Waals surface area contributed by atoms with Crippen molar-refractivity contribution >= 4 is 17.5 Å². The van der Waals surface area contributed by atoms with Crippen LogP contribution in [0.2, 0.25) is 0 Å². The molecule has 2 heterocycles. The van der Waals surface area contributed by atoms with Crippen LogP contribution in [0.4, 0.5) is 0 Å². The summed E-state index contributed by atoms with van der Waals surface area (Å²) < 4.78 is 12.8. The summed E-state index contributed by atoms with van der Waals surface area (Å²) in [5.74, 6) is 3.15. The quantitative estimate of drug-likeness (QED) is 0.573. The summed E-state index contributed by atoms with van der Waals surface area (Å²) in [7, 11) is 1.63. The van der Waals surface area contributed by atoms with Crippen molar-refractivity contribution < 1.29 is 13.9 Å². The van der Waals surface area contributed by atoms with Gasteiger partial charge in [0.15, 0.2) is 11.0 Å². The Kier molecular flexibility index (Phi) is 5.55. The number of nitrogens with zero attached hydrogens (tertiary/aromatic N) is 3. The lowest BCUT2D eigenvalue weighted by atomic mass is 10.2. The van der Waals surface area contributed by atoms with Crippen molar-refractivity contribution in [1.29, 1.82) is 0 Å². The second kappa shape index (κ2) is 8.02. The number of thioether (sulfide) groups is 1. The Labute approximate surface area is 150 Å². The maximum absolute atomic E-state index is 11.2. The number of carbonyl (C=O) groups excluding carboxylic acids is 1. The molecular weight excluding hydrogens is 338 g/mol. The standard InChI is InChI=1S/C18H19N3O3S/c1-13(22)8-10-25-18-20-19-17(14-5-3-6-15(11-14)23-2)21(18)12-16-7-4-9-24-16/h3-7,9,11H,8,10,12H2,1-2H3. The summed E-state index contributed by atoms with van der Waals surface area (Å²) in [6, 6.07) is 11.5. The van der Waals surface area contributed by atoms with Crippen LogP contribution >= 0.6 is 11.8 Å². The second-order valence-corrected chi connectivity index (χ2v) is 6.57. The molecule has 0 atom stereocenters. The molecule has 130 valence electrons. The molecule has 0 amide bonds. The number of hydrogen-bond donors (Lipinski definition) is 0. The Balaban J connectivity index is 1.93. The molecule has 6 nitrogen and oxygen atoms in total. The van der Waals surface area contributed by atoms with Crippen LogP contribution < -0.4 is 4.74 Å². The highest BCUT2D eigenvalue weighted by molar-refractivity contribution is 7.99. The molecule has 7 heteroatoms. The van der Waals surface area contributed by atoms with Crippen molar-refractivity contribution in [1.82, 2.24) is 14.8 Å². The summed E-state index contributed by atoms with van der Waals surface area (Å²) >= 11 is 1.52. The smallest absolute Gasteiger partial charge is 0.191 e. The van der Waals surface area contributed by atoms with E-state index in [1.54, 1.807) is 20.3 Å². The molecule has 1 aromatic carbocycles. The third kappa shape index (κ3) is 4.30. The van der Waals surface area contributed by atoms with Gasteiger partial charge in [0.05, 0.1) is 19.9 Å². The Morgan fingerprint density at radius 2 is 2.16 bits per heavy atom. The molecule has 3 aromatic rings. The van der Waals surface area contributed by atoms with Gasteiger partial charge in [-0.1, -0.05) is 23.9 Å². The van der Waals surface area contributed by atoms with Crippen molar-refractivity contribution in [2.75, 3.05) is 12.9 Å². The van der Waals surface area contributed by atoms with Gasteiger partial charge in [-0.05, 0) is 31.2 Å². The topological polar surface area (TPSA) is 70.2 Å². The lowest BCUT2D eigenvalue weighted by Gasteiger charge is -2.09. The van der Waals surface area contributed by atoms with Crippen molar-refractivity contribution in [3.63, 3.8) is 0 Å². The fraction of sp³-hybridized carbons (Fsp3) is 0.278. The van der Waals surface area contributed by atoms with Gasteiger partial charge in [-0.25, -0.2) is 0 Å². The number of methoxy groups -OCH3 is 1. The Bertz CT molecular complexity index is 843. The van der Waals surface area contributed by atoms with E-state index in [1.807, 2.05) is 41.0 Å². The van der Waals surface area contributed by atoms with Gasteiger partial charge in [0.1, 0.15) is 17.3 Å².